The van der Waals surface area contributed by atoms with E-state index >= 15 is 0 Å². The van der Waals surface area contributed by atoms with Gasteiger partial charge in [0.05, 0.1) is 10.4 Å². The van der Waals surface area contributed by atoms with Crippen LogP contribution in [-0.2, 0) is 19.1 Å². The van der Waals surface area contributed by atoms with Crippen LogP contribution in [-0.4, -0.2) is 32.5 Å². The number of carbonyl (C=O) groups is 1. The molecule has 6 nitrogen and oxygen atoms in total. The van der Waals surface area contributed by atoms with Crippen molar-refractivity contribution in [3.05, 3.63) is 39.0 Å². The van der Waals surface area contributed by atoms with Gasteiger partial charge < -0.3 is 9.42 Å². The van der Waals surface area contributed by atoms with Gasteiger partial charge in [0.15, 0.2) is 0 Å². The Balaban J connectivity index is 1.57. The molecule has 3 aromatic rings. The second kappa shape index (κ2) is 5.92. The van der Waals surface area contributed by atoms with E-state index in [0.29, 0.717) is 30.1 Å². The van der Waals surface area contributed by atoms with E-state index in [1.807, 2.05) is 0 Å². The van der Waals surface area contributed by atoms with Crippen LogP contribution in [0.1, 0.15) is 26.8 Å². The summed E-state index contributed by atoms with van der Waals surface area (Å²) >= 11 is 2.67. The van der Waals surface area contributed by atoms with Crippen LogP contribution in [0.4, 0.5) is 13.2 Å². The summed E-state index contributed by atoms with van der Waals surface area (Å²) in [4.78, 5) is 23.0. The van der Waals surface area contributed by atoms with Gasteiger partial charge >= 0.3 is 12.1 Å². The summed E-state index contributed by atoms with van der Waals surface area (Å²) in [6.07, 6.45) is -4.04. The first kappa shape index (κ1) is 16.2. The maximum Gasteiger partial charge on any atom is 0.471 e. The molecule has 11 heteroatoms. The van der Waals surface area contributed by atoms with E-state index in [-0.39, 0.29) is 11.7 Å². The Morgan fingerprint density at radius 1 is 1.36 bits per heavy atom. The van der Waals surface area contributed by atoms with Crippen LogP contribution in [0.5, 0.6) is 0 Å². The minimum absolute atomic E-state index is 0.0934. The molecule has 25 heavy (non-hydrogen) atoms. The first-order valence-corrected chi connectivity index (χ1v) is 8.88. The standard InChI is InChI=1S/C14H9F3N4O2S2/c15-14(16,17)13-19-11(20-23-13)10-3-7-4-21(2-1-9(7)25-10)12(22)8-5-24-6-18-8/h3,5-6H,1-2,4H2. The van der Waals surface area contributed by atoms with E-state index in [0.717, 1.165) is 10.4 Å². The highest BCUT2D eigenvalue weighted by molar-refractivity contribution is 7.15. The molecule has 1 aliphatic rings. The summed E-state index contributed by atoms with van der Waals surface area (Å²) < 4.78 is 42.0. The van der Waals surface area contributed by atoms with Crippen molar-refractivity contribution in [1.29, 1.82) is 0 Å². The molecular formula is C14H9F3N4O2S2. The molecule has 4 heterocycles. The molecule has 0 N–H and O–H groups in total. The van der Waals surface area contributed by atoms with Crippen molar-refractivity contribution in [3.8, 4) is 10.7 Å². The number of fused-ring (bicyclic) bond motifs is 1. The molecule has 0 aliphatic carbocycles. The number of amides is 1. The molecule has 0 saturated heterocycles. The van der Waals surface area contributed by atoms with E-state index in [1.165, 1.54) is 22.7 Å². The van der Waals surface area contributed by atoms with Crippen LogP contribution in [0.3, 0.4) is 0 Å². The van der Waals surface area contributed by atoms with E-state index in [1.54, 1.807) is 21.9 Å². The van der Waals surface area contributed by atoms with Crippen molar-refractivity contribution >= 4 is 28.6 Å². The van der Waals surface area contributed by atoms with Gasteiger partial charge in [-0.3, -0.25) is 4.79 Å². The molecule has 3 aromatic heterocycles. The summed E-state index contributed by atoms with van der Waals surface area (Å²) in [5.74, 6) is -1.61. The highest BCUT2D eigenvalue weighted by atomic mass is 32.1. The lowest BCUT2D eigenvalue weighted by atomic mass is 10.1. The van der Waals surface area contributed by atoms with E-state index in [4.69, 9.17) is 0 Å². The summed E-state index contributed by atoms with van der Waals surface area (Å²) in [6, 6.07) is 1.71. The van der Waals surface area contributed by atoms with Gasteiger partial charge in [0.25, 0.3) is 5.91 Å². The average Bonchev–Trinajstić information content (AvgIpc) is 3.31. The van der Waals surface area contributed by atoms with Crippen LogP contribution in [0.15, 0.2) is 21.5 Å². The number of hydrogen-bond acceptors (Lipinski definition) is 7. The first-order chi connectivity index (χ1) is 11.9. The van der Waals surface area contributed by atoms with Gasteiger partial charge in [0.1, 0.15) is 5.69 Å². The van der Waals surface area contributed by atoms with Crippen LogP contribution < -0.4 is 0 Å². The predicted octanol–water partition coefficient (Wildman–Crippen LogP) is 3.47. The zero-order chi connectivity index (χ0) is 17.6. The maximum absolute atomic E-state index is 12.6. The van der Waals surface area contributed by atoms with Crippen LogP contribution in [0.2, 0.25) is 0 Å². The molecule has 0 atom stereocenters. The molecule has 0 saturated carbocycles. The fraction of sp³-hybridized carbons (Fsp3) is 0.286. The lowest BCUT2D eigenvalue weighted by Crippen LogP contribution is -2.35. The third-order valence-corrected chi connectivity index (χ3v) is 5.51. The van der Waals surface area contributed by atoms with Crippen molar-refractivity contribution in [3.63, 3.8) is 0 Å². The number of hydrogen-bond donors (Lipinski definition) is 0. The number of thiophene rings is 1. The molecule has 0 radical (unpaired) electrons. The molecule has 130 valence electrons. The van der Waals surface area contributed by atoms with Gasteiger partial charge in [-0.05, 0) is 18.1 Å². The highest BCUT2D eigenvalue weighted by Crippen LogP contribution is 2.35. The monoisotopic (exact) mass is 386 g/mol. The highest BCUT2D eigenvalue weighted by Gasteiger charge is 2.38. The number of carbonyl (C=O) groups excluding carboxylic acids is 1. The van der Waals surface area contributed by atoms with E-state index in [9.17, 15) is 18.0 Å². The van der Waals surface area contributed by atoms with Gasteiger partial charge in [-0.1, -0.05) is 5.16 Å². The normalized spacial score (nSPS) is 14.6. The van der Waals surface area contributed by atoms with Gasteiger partial charge in [-0.25, -0.2) is 4.98 Å². The Morgan fingerprint density at radius 2 is 2.20 bits per heavy atom. The Morgan fingerprint density at radius 3 is 2.88 bits per heavy atom. The molecule has 0 spiro atoms. The van der Waals surface area contributed by atoms with Crippen molar-refractivity contribution in [2.24, 2.45) is 0 Å². The summed E-state index contributed by atoms with van der Waals surface area (Å²) in [6.45, 7) is 0.912. The number of alkyl halides is 3. The quantitative estimate of drug-likeness (QED) is 0.674. The number of nitrogens with zero attached hydrogens (tertiary/aromatic N) is 4. The summed E-state index contributed by atoms with van der Waals surface area (Å²) in [5, 5.41) is 5.10. The number of thiazole rings is 1. The second-order valence-corrected chi connectivity index (χ2v) is 7.19. The predicted molar refractivity (Wildman–Crippen MR) is 83.2 cm³/mol. The number of rotatable bonds is 2. The molecule has 0 aromatic carbocycles. The third kappa shape index (κ3) is 3.04. The molecule has 0 bridgehead atoms. The second-order valence-electron chi connectivity index (χ2n) is 5.33. The largest absolute Gasteiger partial charge is 0.471 e. The average molecular weight is 386 g/mol. The topological polar surface area (TPSA) is 72.1 Å². The van der Waals surface area contributed by atoms with Gasteiger partial charge in [0.2, 0.25) is 5.82 Å². The lowest BCUT2D eigenvalue weighted by Gasteiger charge is -2.26. The molecular weight excluding hydrogens is 377 g/mol. The van der Waals surface area contributed by atoms with Crippen LogP contribution in [0.25, 0.3) is 10.7 Å². The number of aromatic nitrogens is 3. The molecule has 0 fully saturated rings. The Bertz CT molecular complexity index is 917. The Labute approximate surface area is 146 Å². The van der Waals surface area contributed by atoms with E-state index < -0.39 is 12.1 Å². The minimum atomic E-state index is -4.67. The molecule has 1 amide bonds. The van der Waals surface area contributed by atoms with Crippen molar-refractivity contribution in [1.82, 2.24) is 20.0 Å². The van der Waals surface area contributed by atoms with Gasteiger partial charge in [-0.15, -0.1) is 22.7 Å². The van der Waals surface area contributed by atoms with Gasteiger partial charge in [-0.2, -0.15) is 18.2 Å². The van der Waals surface area contributed by atoms with Gasteiger partial charge in [0, 0.05) is 23.3 Å². The Hall–Kier alpha value is -2.27. The molecule has 0 unspecified atom stereocenters. The lowest BCUT2D eigenvalue weighted by molar-refractivity contribution is -0.159. The first-order valence-electron chi connectivity index (χ1n) is 7.12. The van der Waals surface area contributed by atoms with Crippen molar-refractivity contribution in [2.45, 2.75) is 19.1 Å². The van der Waals surface area contributed by atoms with Crippen molar-refractivity contribution < 1.29 is 22.5 Å². The fourth-order valence-electron chi connectivity index (χ4n) is 2.54. The third-order valence-electron chi connectivity index (χ3n) is 3.69. The summed E-state index contributed by atoms with van der Waals surface area (Å²) in [7, 11) is 0. The zero-order valence-corrected chi connectivity index (χ0v) is 14.0. The Kier molecular flexibility index (Phi) is 3.84. The smallest absolute Gasteiger partial charge is 0.333 e. The fourth-order valence-corrected chi connectivity index (χ4v) is 4.15. The van der Waals surface area contributed by atoms with Crippen LogP contribution in [0, 0.1) is 0 Å². The zero-order valence-electron chi connectivity index (χ0n) is 12.4. The van der Waals surface area contributed by atoms with Crippen LogP contribution >= 0.6 is 22.7 Å². The SMILES string of the molecule is O=C(c1cscn1)N1CCc2sc(-c3noc(C(F)(F)F)n3)cc2C1. The summed E-state index contributed by atoms with van der Waals surface area (Å²) in [5.41, 5.74) is 2.88. The molecule has 4 rings (SSSR count). The minimum Gasteiger partial charge on any atom is -0.333 e. The van der Waals surface area contributed by atoms with E-state index in [2.05, 4.69) is 19.6 Å². The van der Waals surface area contributed by atoms with Crippen molar-refractivity contribution in [2.75, 3.05) is 6.54 Å². The molecule has 1 aliphatic heterocycles. The maximum atomic E-state index is 12.6. The number of halogens is 3.